The summed E-state index contributed by atoms with van der Waals surface area (Å²) in [5.74, 6) is -0.109. The maximum Gasteiger partial charge on any atom is 0.244 e. The lowest BCUT2D eigenvalue weighted by Crippen LogP contribution is -2.21. The van der Waals surface area contributed by atoms with Gasteiger partial charge in [0.2, 0.25) is 5.91 Å². The van der Waals surface area contributed by atoms with Gasteiger partial charge in [0, 0.05) is 29.9 Å². The molecule has 2 heterocycles. The first-order valence-electron chi connectivity index (χ1n) is 5.62. The Bertz CT molecular complexity index is 555. The van der Waals surface area contributed by atoms with Gasteiger partial charge in [-0.25, -0.2) is 4.98 Å². The molecule has 0 saturated heterocycles. The van der Waals surface area contributed by atoms with Gasteiger partial charge in [-0.3, -0.25) is 4.79 Å². The molecule has 0 spiro atoms. The maximum atomic E-state index is 11.6. The predicted molar refractivity (Wildman–Crippen MR) is 73.1 cm³/mol. The third-order valence-corrected chi connectivity index (χ3v) is 3.38. The Balaban J connectivity index is 1.87. The number of carbonyl (C=O) groups is 1. The minimum absolute atomic E-state index is 0.109. The van der Waals surface area contributed by atoms with Crippen molar-refractivity contribution in [2.45, 2.75) is 13.5 Å². The van der Waals surface area contributed by atoms with Crippen LogP contribution < -0.4 is 5.32 Å². The van der Waals surface area contributed by atoms with E-state index in [9.17, 15) is 4.79 Å². The van der Waals surface area contributed by atoms with Crippen LogP contribution in [0.5, 0.6) is 0 Å². The van der Waals surface area contributed by atoms with E-state index in [2.05, 4.69) is 14.9 Å². The summed E-state index contributed by atoms with van der Waals surface area (Å²) in [7, 11) is 1.99. The second-order valence-corrected chi connectivity index (χ2v) is 4.71. The molecule has 0 aromatic carbocycles. The van der Waals surface area contributed by atoms with Crippen molar-refractivity contribution < 1.29 is 4.79 Å². The Morgan fingerprint density at radius 2 is 2.39 bits per heavy atom. The van der Waals surface area contributed by atoms with Gasteiger partial charge < -0.3 is 9.88 Å². The number of thiazole rings is 1. The lowest BCUT2D eigenvalue weighted by molar-refractivity contribution is -0.116. The molecule has 0 bridgehead atoms. The molecule has 0 aliphatic carbocycles. The maximum absolute atomic E-state index is 11.6. The fourth-order valence-electron chi connectivity index (χ4n) is 1.55. The second-order valence-electron chi connectivity index (χ2n) is 3.99. The SMILES string of the molecule is Cc1ccc(CNC(=O)/C=C/c2cscn2)n1C. The van der Waals surface area contributed by atoms with E-state index in [1.54, 1.807) is 11.6 Å². The zero-order chi connectivity index (χ0) is 13.0. The summed E-state index contributed by atoms with van der Waals surface area (Å²) in [6.07, 6.45) is 3.22. The van der Waals surface area contributed by atoms with Crippen LogP contribution in [0.2, 0.25) is 0 Å². The van der Waals surface area contributed by atoms with E-state index in [-0.39, 0.29) is 5.91 Å². The van der Waals surface area contributed by atoms with E-state index in [1.807, 2.05) is 31.5 Å². The lowest BCUT2D eigenvalue weighted by Gasteiger charge is -2.05. The van der Waals surface area contributed by atoms with Gasteiger partial charge in [0.1, 0.15) is 0 Å². The van der Waals surface area contributed by atoms with E-state index in [0.717, 1.165) is 11.4 Å². The van der Waals surface area contributed by atoms with Gasteiger partial charge in [0.25, 0.3) is 0 Å². The van der Waals surface area contributed by atoms with E-state index < -0.39 is 0 Å². The average Bonchev–Trinajstić information content (AvgIpc) is 2.97. The summed E-state index contributed by atoms with van der Waals surface area (Å²) in [5, 5.41) is 4.74. The van der Waals surface area contributed by atoms with Crippen LogP contribution >= 0.6 is 11.3 Å². The van der Waals surface area contributed by atoms with E-state index in [4.69, 9.17) is 0 Å². The molecule has 18 heavy (non-hydrogen) atoms. The number of carbonyl (C=O) groups excluding carboxylic acids is 1. The number of hydrogen-bond donors (Lipinski definition) is 1. The number of amides is 1. The summed E-state index contributed by atoms with van der Waals surface area (Å²) in [6.45, 7) is 2.57. The Kier molecular flexibility index (Phi) is 3.94. The van der Waals surface area contributed by atoms with Gasteiger partial charge in [0.15, 0.2) is 0 Å². The van der Waals surface area contributed by atoms with Gasteiger partial charge in [-0.2, -0.15) is 0 Å². The minimum atomic E-state index is -0.109. The van der Waals surface area contributed by atoms with Crippen LogP contribution in [0.4, 0.5) is 0 Å². The largest absolute Gasteiger partial charge is 0.350 e. The number of nitrogens with zero attached hydrogens (tertiary/aromatic N) is 2. The summed E-state index contributed by atoms with van der Waals surface area (Å²) in [5.41, 5.74) is 4.81. The highest BCUT2D eigenvalue weighted by Crippen LogP contribution is 2.05. The first-order chi connectivity index (χ1) is 8.66. The molecule has 0 unspecified atom stereocenters. The van der Waals surface area contributed by atoms with Crippen molar-refractivity contribution in [1.82, 2.24) is 14.9 Å². The van der Waals surface area contributed by atoms with Gasteiger partial charge in [-0.05, 0) is 25.1 Å². The first-order valence-corrected chi connectivity index (χ1v) is 6.56. The molecule has 0 aliphatic heterocycles. The molecule has 2 aromatic rings. The zero-order valence-electron chi connectivity index (χ0n) is 10.4. The van der Waals surface area contributed by atoms with Gasteiger partial charge in [-0.1, -0.05) is 0 Å². The quantitative estimate of drug-likeness (QED) is 0.857. The number of rotatable bonds is 4. The van der Waals surface area contributed by atoms with Crippen LogP contribution in [0.1, 0.15) is 17.1 Å². The smallest absolute Gasteiger partial charge is 0.244 e. The van der Waals surface area contributed by atoms with Gasteiger partial charge in [-0.15, -0.1) is 11.3 Å². The van der Waals surface area contributed by atoms with Crippen LogP contribution in [-0.4, -0.2) is 15.5 Å². The molecule has 1 amide bonds. The zero-order valence-corrected chi connectivity index (χ0v) is 11.2. The van der Waals surface area contributed by atoms with Gasteiger partial charge in [0.05, 0.1) is 17.7 Å². The number of aryl methyl sites for hydroxylation is 1. The summed E-state index contributed by atoms with van der Waals surface area (Å²) >= 11 is 1.51. The van der Waals surface area contributed by atoms with E-state index >= 15 is 0 Å². The van der Waals surface area contributed by atoms with Crippen molar-refractivity contribution in [2.75, 3.05) is 0 Å². The third-order valence-electron chi connectivity index (χ3n) is 2.78. The van der Waals surface area contributed by atoms with Crippen molar-refractivity contribution in [1.29, 1.82) is 0 Å². The van der Waals surface area contributed by atoms with Crippen LogP contribution in [0.3, 0.4) is 0 Å². The summed E-state index contributed by atoms with van der Waals surface area (Å²) in [6, 6.07) is 4.05. The fourth-order valence-corrected chi connectivity index (χ4v) is 2.07. The third kappa shape index (κ3) is 3.07. The Morgan fingerprint density at radius 3 is 3.00 bits per heavy atom. The molecule has 2 rings (SSSR count). The molecule has 0 atom stereocenters. The van der Waals surface area contributed by atoms with Crippen molar-refractivity contribution in [3.63, 3.8) is 0 Å². The molecule has 1 N–H and O–H groups in total. The Morgan fingerprint density at radius 1 is 1.56 bits per heavy atom. The number of nitrogens with one attached hydrogen (secondary N) is 1. The molecule has 2 aromatic heterocycles. The molecule has 94 valence electrons. The Labute approximate surface area is 110 Å². The minimum Gasteiger partial charge on any atom is -0.350 e. The second kappa shape index (κ2) is 5.64. The first kappa shape index (κ1) is 12.6. The standard InChI is InChI=1S/C13H15N3OS/c1-10-3-5-12(16(10)2)7-14-13(17)6-4-11-8-18-9-15-11/h3-6,8-9H,7H2,1-2H3,(H,14,17)/b6-4+. The normalized spacial score (nSPS) is 11.0. The van der Waals surface area contributed by atoms with Gasteiger partial charge >= 0.3 is 0 Å². The lowest BCUT2D eigenvalue weighted by atomic mass is 10.3. The molecule has 4 nitrogen and oxygen atoms in total. The van der Waals surface area contributed by atoms with E-state index in [0.29, 0.717) is 6.54 Å². The molecular weight excluding hydrogens is 246 g/mol. The Hall–Kier alpha value is -1.88. The molecule has 0 aliphatic rings. The molecule has 0 fully saturated rings. The number of aromatic nitrogens is 2. The predicted octanol–water partition coefficient (Wildman–Crippen LogP) is 2.12. The molecular formula is C13H15N3OS. The molecule has 0 saturated carbocycles. The van der Waals surface area contributed by atoms with Crippen molar-refractivity contribution >= 4 is 23.3 Å². The topological polar surface area (TPSA) is 46.9 Å². The van der Waals surface area contributed by atoms with E-state index in [1.165, 1.54) is 23.1 Å². The van der Waals surface area contributed by atoms with Crippen molar-refractivity contribution in [3.8, 4) is 0 Å². The summed E-state index contributed by atoms with van der Waals surface area (Å²) < 4.78 is 2.06. The van der Waals surface area contributed by atoms with Crippen LogP contribution in [0.25, 0.3) is 6.08 Å². The summed E-state index contributed by atoms with van der Waals surface area (Å²) in [4.78, 5) is 15.7. The number of hydrogen-bond acceptors (Lipinski definition) is 3. The highest BCUT2D eigenvalue weighted by molar-refractivity contribution is 7.07. The highest BCUT2D eigenvalue weighted by atomic mass is 32.1. The van der Waals surface area contributed by atoms with Crippen molar-refractivity contribution in [3.05, 3.63) is 46.2 Å². The molecule has 0 radical (unpaired) electrons. The average molecular weight is 261 g/mol. The monoisotopic (exact) mass is 261 g/mol. The highest BCUT2D eigenvalue weighted by Gasteiger charge is 2.02. The fraction of sp³-hybridized carbons (Fsp3) is 0.231. The molecule has 5 heteroatoms. The van der Waals surface area contributed by atoms with Crippen LogP contribution in [0, 0.1) is 6.92 Å². The van der Waals surface area contributed by atoms with Crippen LogP contribution in [0.15, 0.2) is 29.1 Å². The van der Waals surface area contributed by atoms with Crippen LogP contribution in [-0.2, 0) is 18.4 Å². The van der Waals surface area contributed by atoms with Crippen molar-refractivity contribution in [2.24, 2.45) is 7.05 Å².